The minimum Gasteiger partial charge on any atom is -0.356 e. The molecule has 2 heterocycles. The topological polar surface area (TPSA) is 36.4 Å². The first-order chi connectivity index (χ1) is 9.95. The van der Waals surface area contributed by atoms with Crippen molar-refractivity contribution in [1.29, 1.82) is 0 Å². The van der Waals surface area contributed by atoms with Crippen molar-refractivity contribution in [1.82, 2.24) is 9.88 Å². The van der Waals surface area contributed by atoms with Crippen LogP contribution in [-0.4, -0.2) is 43.0 Å². The fourth-order valence-corrected chi connectivity index (χ4v) is 3.28. The van der Waals surface area contributed by atoms with Crippen molar-refractivity contribution in [2.75, 3.05) is 32.1 Å². The molecule has 4 nitrogen and oxygen atoms in total. The fraction of sp³-hybridized carbons (Fsp3) is 0.647. The molecule has 0 saturated carbocycles. The molecule has 0 spiro atoms. The molecule has 0 radical (unpaired) electrons. The van der Waals surface area contributed by atoms with Crippen molar-refractivity contribution in [2.45, 2.75) is 39.5 Å². The van der Waals surface area contributed by atoms with Gasteiger partial charge in [0.2, 0.25) is 0 Å². The second-order valence-electron chi connectivity index (χ2n) is 6.69. The monoisotopic (exact) mass is 289 g/mol. The molecule has 1 aliphatic rings. The summed E-state index contributed by atoms with van der Waals surface area (Å²) in [4.78, 5) is 20.3. The van der Waals surface area contributed by atoms with Crippen LogP contribution in [0.25, 0.3) is 0 Å². The lowest BCUT2D eigenvalue weighted by atomic mass is 9.78. The van der Waals surface area contributed by atoms with E-state index in [1.165, 1.54) is 25.7 Å². The quantitative estimate of drug-likeness (QED) is 0.854. The molecule has 0 bridgehead atoms. The number of pyridine rings is 1. The van der Waals surface area contributed by atoms with E-state index in [0.717, 1.165) is 18.9 Å². The molecule has 1 aliphatic heterocycles. The van der Waals surface area contributed by atoms with Gasteiger partial charge in [0, 0.05) is 33.4 Å². The van der Waals surface area contributed by atoms with E-state index in [0.29, 0.717) is 11.0 Å². The molecule has 0 aliphatic carbocycles. The number of anilines is 1. The van der Waals surface area contributed by atoms with Crippen molar-refractivity contribution < 1.29 is 4.79 Å². The van der Waals surface area contributed by atoms with Gasteiger partial charge in [-0.2, -0.15) is 0 Å². The highest BCUT2D eigenvalue weighted by Crippen LogP contribution is 2.35. The Morgan fingerprint density at radius 1 is 1.43 bits per heavy atom. The van der Waals surface area contributed by atoms with Crippen LogP contribution >= 0.6 is 0 Å². The second-order valence-corrected chi connectivity index (χ2v) is 6.69. The van der Waals surface area contributed by atoms with Crippen molar-refractivity contribution in [3.05, 3.63) is 23.9 Å². The predicted molar refractivity (Wildman–Crippen MR) is 86.7 cm³/mol. The summed E-state index contributed by atoms with van der Waals surface area (Å²) in [5, 5.41) is 0. The lowest BCUT2D eigenvalue weighted by Gasteiger charge is -2.41. The van der Waals surface area contributed by atoms with Gasteiger partial charge in [0.05, 0.1) is 5.56 Å². The first-order valence-electron chi connectivity index (χ1n) is 7.88. The van der Waals surface area contributed by atoms with Gasteiger partial charge in [-0.25, -0.2) is 4.98 Å². The zero-order valence-electron chi connectivity index (χ0n) is 13.7. The fourth-order valence-electron chi connectivity index (χ4n) is 3.28. The molecule has 1 aromatic rings. The number of carbonyl (C=O) groups excluding carboxylic acids is 1. The Hall–Kier alpha value is -1.58. The number of carbonyl (C=O) groups is 1. The van der Waals surface area contributed by atoms with E-state index in [-0.39, 0.29) is 5.91 Å². The largest absolute Gasteiger partial charge is 0.356 e. The predicted octanol–water partition coefficient (Wildman–Crippen LogP) is 3.19. The molecular formula is C17H27N3O. The zero-order chi connectivity index (χ0) is 15.5. The summed E-state index contributed by atoms with van der Waals surface area (Å²) < 4.78 is 0. The average Bonchev–Trinajstić information content (AvgIpc) is 2.46. The molecular weight excluding hydrogens is 262 g/mol. The van der Waals surface area contributed by atoms with Crippen LogP contribution < -0.4 is 4.90 Å². The summed E-state index contributed by atoms with van der Waals surface area (Å²) in [5.74, 6) is 0.996. The third-order valence-electron chi connectivity index (χ3n) is 4.36. The van der Waals surface area contributed by atoms with Crippen molar-refractivity contribution in [3.8, 4) is 0 Å². The van der Waals surface area contributed by atoms with Crippen LogP contribution in [0.4, 0.5) is 5.82 Å². The third-order valence-corrected chi connectivity index (χ3v) is 4.36. The molecule has 0 N–H and O–H groups in total. The Bertz CT molecular complexity index is 479. The highest BCUT2D eigenvalue weighted by Gasteiger charge is 2.30. The Balaban J connectivity index is 2.10. The number of aromatic nitrogens is 1. The van der Waals surface area contributed by atoms with E-state index in [9.17, 15) is 4.79 Å². The number of hydrogen-bond donors (Lipinski definition) is 0. The van der Waals surface area contributed by atoms with Gasteiger partial charge in [0.25, 0.3) is 5.91 Å². The van der Waals surface area contributed by atoms with Crippen LogP contribution in [0.1, 0.15) is 49.9 Å². The molecule has 1 aromatic heterocycles. The van der Waals surface area contributed by atoms with E-state index in [2.05, 4.69) is 23.7 Å². The van der Waals surface area contributed by atoms with Crippen LogP contribution in [0.5, 0.6) is 0 Å². The summed E-state index contributed by atoms with van der Waals surface area (Å²) in [6, 6.07) is 3.87. The Labute approximate surface area is 128 Å². The molecule has 1 fully saturated rings. The van der Waals surface area contributed by atoms with Gasteiger partial charge in [-0.05, 0) is 36.8 Å². The summed E-state index contributed by atoms with van der Waals surface area (Å²) in [7, 11) is 3.52. The average molecular weight is 289 g/mol. The van der Waals surface area contributed by atoms with Crippen LogP contribution in [0.3, 0.4) is 0 Å². The number of hydrogen-bond acceptors (Lipinski definition) is 3. The standard InChI is InChI=1S/C17H27N3O/c1-5-9-17(2)10-6-11-20(13-17)15-8-7-14(12-18-15)16(21)19(3)4/h7-8,12H,5-6,9-11,13H2,1-4H3. The maximum atomic E-state index is 11.9. The van der Waals surface area contributed by atoms with Gasteiger partial charge in [-0.15, -0.1) is 0 Å². The van der Waals surface area contributed by atoms with E-state index < -0.39 is 0 Å². The third kappa shape index (κ3) is 3.74. The highest BCUT2D eigenvalue weighted by atomic mass is 16.2. The van der Waals surface area contributed by atoms with Gasteiger partial charge in [-0.3, -0.25) is 4.79 Å². The maximum absolute atomic E-state index is 11.9. The minimum absolute atomic E-state index is 0.00326. The van der Waals surface area contributed by atoms with Gasteiger partial charge in [0.1, 0.15) is 5.82 Å². The molecule has 2 rings (SSSR count). The molecule has 116 valence electrons. The summed E-state index contributed by atoms with van der Waals surface area (Å²) >= 11 is 0. The number of piperidine rings is 1. The first kappa shape index (κ1) is 15.8. The lowest BCUT2D eigenvalue weighted by Crippen LogP contribution is -2.42. The normalized spacial score (nSPS) is 22.2. The minimum atomic E-state index is 0.00326. The van der Waals surface area contributed by atoms with Crippen LogP contribution in [-0.2, 0) is 0 Å². The Morgan fingerprint density at radius 3 is 2.76 bits per heavy atom. The van der Waals surface area contributed by atoms with Gasteiger partial charge in [-0.1, -0.05) is 20.3 Å². The molecule has 21 heavy (non-hydrogen) atoms. The van der Waals surface area contributed by atoms with E-state index >= 15 is 0 Å². The highest BCUT2D eigenvalue weighted by molar-refractivity contribution is 5.93. The summed E-state index contributed by atoms with van der Waals surface area (Å²) in [5.41, 5.74) is 1.05. The van der Waals surface area contributed by atoms with Crippen molar-refractivity contribution in [3.63, 3.8) is 0 Å². The lowest BCUT2D eigenvalue weighted by molar-refractivity contribution is 0.0827. The van der Waals surface area contributed by atoms with Crippen LogP contribution in [0, 0.1) is 5.41 Å². The second kappa shape index (κ2) is 6.46. The maximum Gasteiger partial charge on any atom is 0.254 e. The van der Waals surface area contributed by atoms with E-state index in [4.69, 9.17) is 0 Å². The Kier molecular flexibility index (Phi) is 4.86. The van der Waals surface area contributed by atoms with Crippen molar-refractivity contribution in [2.24, 2.45) is 5.41 Å². The van der Waals surface area contributed by atoms with Crippen LogP contribution in [0.15, 0.2) is 18.3 Å². The molecule has 1 unspecified atom stereocenters. The zero-order valence-corrected chi connectivity index (χ0v) is 13.7. The van der Waals surface area contributed by atoms with E-state index in [1.54, 1.807) is 25.2 Å². The molecule has 4 heteroatoms. The molecule has 1 amide bonds. The van der Waals surface area contributed by atoms with Gasteiger partial charge < -0.3 is 9.80 Å². The van der Waals surface area contributed by atoms with Crippen molar-refractivity contribution >= 4 is 11.7 Å². The number of nitrogens with zero attached hydrogens (tertiary/aromatic N) is 3. The van der Waals surface area contributed by atoms with Gasteiger partial charge >= 0.3 is 0 Å². The SMILES string of the molecule is CCCC1(C)CCCN(c2ccc(C(=O)N(C)C)cn2)C1. The molecule has 1 atom stereocenters. The molecule has 0 aromatic carbocycles. The number of amides is 1. The first-order valence-corrected chi connectivity index (χ1v) is 7.88. The van der Waals surface area contributed by atoms with E-state index in [1.807, 2.05) is 12.1 Å². The number of rotatable bonds is 4. The van der Waals surface area contributed by atoms with Crippen LogP contribution in [0.2, 0.25) is 0 Å². The summed E-state index contributed by atoms with van der Waals surface area (Å²) in [6.07, 6.45) is 6.71. The summed E-state index contributed by atoms with van der Waals surface area (Å²) in [6.45, 7) is 6.76. The van der Waals surface area contributed by atoms with Gasteiger partial charge in [0.15, 0.2) is 0 Å². The molecule has 1 saturated heterocycles. The Morgan fingerprint density at radius 2 is 2.19 bits per heavy atom. The smallest absolute Gasteiger partial charge is 0.254 e.